The Labute approximate surface area is 381 Å². The monoisotopic (exact) mass is 919 g/mol. The molecule has 12 N–H and O–H groups in total. The number of benzene rings is 2. The lowest BCUT2D eigenvalue weighted by molar-refractivity contribution is -0.134. The molecule has 1 aliphatic heterocycles. The molecule has 0 aliphatic carbocycles. The van der Waals surface area contributed by atoms with Crippen molar-refractivity contribution in [2.24, 2.45) is 55.5 Å². The molecule has 64 heavy (non-hydrogen) atoms. The van der Waals surface area contributed by atoms with Crippen molar-refractivity contribution < 1.29 is 28.6 Å². The van der Waals surface area contributed by atoms with Gasteiger partial charge in [0.05, 0.1) is 38.6 Å². The van der Waals surface area contributed by atoms with Gasteiger partial charge >= 0.3 is 0 Å². The zero-order chi connectivity index (χ0) is 46.2. The molecule has 0 radical (unpaired) electrons. The number of halogens is 1. The molecule has 3 amide bonds. The number of amides is 3. The van der Waals surface area contributed by atoms with E-state index in [1.165, 1.54) is 0 Å². The minimum atomic E-state index is -0.725. The number of anilines is 1. The fraction of sp³-hybridized carbons (Fsp3) is 0.442. The number of nitrogens with zero attached hydrogens (tertiary/aromatic N) is 6. The Balaban J connectivity index is 1.03. The average molecular weight is 921 g/mol. The summed E-state index contributed by atoms with van der Waals surface area (Å²) in [5, 5.41) is 16.3. The number of nitrogens with two attached hydrogens (primary N) is 5. The molecule has 0 bridgehead atoms. The molecule has 21 heteroatoms. The third kappa shape index (κ3) is 14.0. The van der Waals surface area contributed by atoms with Crippen molar-refractivity contribution in [3.8, 4) is 10.8 Å². The van der Waals surface area contributed by atoms with Crippen LogP contribution in [0.4, 0.5) is 5.69 Å². The number of rotatable bonds is 25. The van der Waals surface area contributed by atoms with Crippen molar-refractivity contribution in [1.29, 1.82) is 0 Å². The molecule has 0 fully saturated rings. The van der Waals surface area contributed by atoms with E-state index in [4.69, 9.17) is 59.5 Å². The van der Waals surface area contributed by atoms with E-state index < -0.39 is 23.8 Å². The highest BCUT2D eigenvalue weighted by molar-refractivity contribution is 7.15. The Morgan fingerprint density at radius 3 is 2.09 bits per heavy atom. The lowest BCUT2D eigenvalue weighted by atomic mass is 9.83. The van der Waals surface area contributed by atoms with Crippen LogP contribution in [0.25, 0.3) is 5.00 Å². The van der Waals surface area contributed by atoms with Crippen molar-refractivity contribution in [3.05, 3.63) is 86.8 Å². The lowest BCUT2D eigenvalue weighted by Gasteiger charge is -2.24. The zero-order valence-corrected chi connectivity index (χ0v) is 37.9. The van der Waals surface area contributed by atoms with Crippen LogP contribution < -0.4 is 44.0 Å². The minimum absolute atomic E-state index is 0.0421. The van der Waals surface area contributed by atoms with Crippen molar-refractivity contribution in [2.45, 2.75) is 58.9 Å². The van der Waals surface area contributed by atoms with Gasteiger partial charge in [0.15, 0.2) is 17.7 Å². The van der Waals surface area contributed by atoms with Crippen molar-refractivity contribution >= 4 is 64.0 Å². The first-order chi connectivity index (χ1) is 30.7. The Morgan fingerprint density at radius 1 is 0.828 bits per heavy atom. The second kappa shape index (κ2) is 24.1. The van der Waals surface area contributed by atoms with E-state index in [2.05, 4.69) is 44.7 Å². The number of aryl methyl sites for hydroxylation is 2. The molecule has 1 aliphatic rings. The number of aromatic nitrogens is 3. The molecule has 0 saturated carbocycles. The summed E-state index contributed by atoms with van der Waals surface area (Å²) in [6.45, 7) is 8.35. The van der Waals surface area contributed by atoms with Gasteiger partial charge in [-0.3, -0.25) is 33.9 Å². The van der Waals surface area contributed by atoms with E-state index in [-0.39, 0.29) is 43.3 Å². The van der Waals surface area contributed by atoms with E-state index in [0.717, 1.165) is 38.1 Å². The summed E-state index contributed by atoms with van der Waals surface area (Å²) in [4.78, 5) is 53.3. The molecular formula is C43H58ClN13O6S. The van der Waals surface area contributed by atoms with Gasteiger partial charge in [-0.1, -0.05) is 23.7 Å². The van der Waals surface area contributed by atoms with Crippen LogP contribution in [0.1, 0.15) is 71.4 Å². The second-order valence-electron chi connectivity index (χ2n) is 15.1. The molecule has 2 aromatic carbocycles. The molecule has 19 nitrogen and oxygen atoms in total. The Kier molecular flexibility index (Phi) is 18.4. The van der Waals surface area contributed by atoms with E-state index in [1.807, 2.05) is 35.8 Å². The number of carbonyl (C=O) groups excluding carboxylic acids is 3. The molecule has 0 saturated heterocycles. The number of ether oxygens (including phenoxy) is 3. The van der Waals surface area contributed by atoms with Gasteiger partial charge in [0.25, 0.3) is 0 Å². The summed E-state index contributed by atoms with van der Waals surface area (Å²) in [7, 11) is 0. The molecule has 1 unspecified atom stereocenters. The topological polar surface area (TPSA) is 301 Å². The standard InChI is InChI=1S/C43H58ClN13O6S/c1-25-26(2)64-41-36(25)37(28-8-10-29(44)11-9-28)54-34(39-56-55-27(3)57(39)41)24-35(58)53-30-12-14-31(15-13-30)63-23-22-62-21-20-61-19-18-50-40(60)33(7-5-17-52-43(48)49)32(38(45)59)6-4-16-51-42(46)47/h8-15,32-34H,4-7,16-24H2,1-3H3,(H2,45,59)(H,50,60)(H,53,58)(H4,46,47,51)(H4,48,49,52)/t32?,33-,34-/m0/s1. The Bertz CT molecular complexity index is 2290. The maximum atomic E-state index is 13.5. The number of hydrogen-bond donors (Lipinski definition) is 7. The lowest BCUT2D eigenvalue weighted by Crippen LogP contribution is -2.41. The Morgan fingerprint density at radius 2 is 1.45 bits per heavy atom. The van der Waals surface area contributed by atoms with Gasteiger partial charge in [-0.25, -0.2) is 0 Å². The summed E-state index contributed by atoms with van der Waals surface area (Å²) in [5.41, 5.74) is 31.7. The van der Waals surface area contributed by atoms with E-state index in [9.17, 15) is 14.4 Å². The van der Waals surface area contributed by atoms with Gasteiger partial charge in [0, 0.05) is 58.2 Å². The summed E-state index contributed by atoms with van der Waals surface area (Å²) in [6.07, 6.45) is 1.67. The van der Waals surface area contributed by atoms with Crippen molar-refractivity contribution in [1.82, 2.24) is 20.1 Å². The SMILES string of the molecule is Cc1sc2c(c1C)C(c1ccc(Cl)cc1)=N[C@@H](CC(=O)Nc1ccc(OCCOCCOCCNC(=O)[C@@H](CCCN=C(N)N)C(CCCN=C(N)N)C(N)=O)cc1)c1nnc(C)n1-2. The van der Waals surface area contributed by atoms with Gasteiger partial charge in [0.1, 0.15) is 29.2 Å². The zero-order valence-electron chi connectivity index (χ0n) is 36.3. The predicted molar refractivity (Wildman–Crippen MR) is 249 cm³/mol. The molecule has 344 valence electrons. The van der Waals surface area contributed by atoms with E-state index >= 15 is 0 Å². The molecular weight excluding hydrogens is 862 g/mol. The van der Waals surface area contributed by atoms with Crippen LogP contribution in [-0.2, 0) is 23.9 Å². The van der Waals surface area contributed by atoms with Crippen LogP contribution >= 0.6 is 22.9 Å². The first-order valence-electron chi connectivity index (χ1n) is 21.0. The third-order valence-corrected chi connectivity index (χ3v) is 11.9. The number of thiophene rings is 1. The summed E-state index contributed by atoms with van der Waals surface area (Å²) in [5.74, 6) is -0.730. The first kappa shape index (κ1) is 48.9. The van der Waals surface area contributed by atoms with Crippen LogP contribution in [-0.4, -0.2) is 103 Å². The third-order valence-electron chi connectivity index (χ3n) is 10.4. The van der Waals surface area contributed by atoms with Gasteiger partial charge in [0.2, 0.25) is 17.7 Å². The largest absolute Gasteiger partial charge is 0.491 e. The highest BCUT2D eigenvalue weighted by Gasteiger charge is 2.33. The number of primary amides is 1. The van der Waals surface area contributed by atoms with Crippen LogP contribution in [0.5, 0.6) is 5.75 Å². The number of hydrogen-bond acceptors (Lipinski definition) is 12. The Hall–Kier alpha value is -6.09. The van der Waals surface area contributed by atoms with Crippen molar-refractivity contribution in [2.75, 3.05) is 58.0 Å². The summed E-state index contributed by atoms with van der Waals surface area (Å²) < 4.78 is 19.1. The highest BCUT2D eigenvalue weighted by Crippen LogP contribution is 2.39. The molecule has 0 spiro atoms. The normalized spacial score (nSPS) is 13.9. The smallest absolute Gasteiger partial charge is 0.227 e. The maximum Gasteiger partial charge on any atom is 0.227 e. The van der Waals surface area contributed by atoms with E-state index in [0.29, 0.717) is 87.5 Å². The first-order valence-corrected chi connectivity index (χ1v) is 22.1. The fourth-order valence-electron chi connectivity index (χ4n) is 7.17. The van der Waals surface area contributed by atoms with Crippen LogP contribution in [0.2, 0.25) is 5.02 Å². The summed E-state index contributed by atoms with van der Waals surface area (Å²) in [6, 6.07) is 14.0. The van der Waals surface area contributed by atoms with Gasteiger partial charge < -0.3 is 53.5 Å². The minimum Gasteiger partial charge on any atom is -0.491 e. The number of carbonyl (C=O) groups is 3. The average Bonchev–Trinajstić information content (AvgIpc) is 3.73. The number of nitrogens with one attached hydrogen (secondary N) is 2. The van der Waals surface area contributed by atoms with Crippen LogP contribution in [0.3, 0.4) is 0 Å². The number of guanidine groups is 2. The number of aliphatic imine (C=N–C) groups is 3. The fourth-order valence-corrected chi connectivity index (χ4v) is 8.51. The van der Waals surface area contributed by atoms with Crippen LogP contribution in [0, 0.1) is 32.6 Å². The quantitative estimate of drug-likeness (QED) is 0.0287. The van der Waals surface area contributed by atoms with Gasteiger partial charge in [-0.15, -0.1) is 21.5 Å². The molecule has 3 heterocycles. The highest BCUT2D eigenvalue weighted by atomic mass is 35.5. The van der Waals surface area contributed by atoms with Crippen LogP contribution in [0.15, 0.2) is 63.5 Å². The number of fused-ring (bicyclic) bond motifs is 3. The van der Waals surface area contributed by atoms with Crippen molar-refractivity contribution in [3.63, 3.8) is 0 Å². The van der Waals surface area contributed by atoms with Gasteiger partial charge in [-0.05, 0) is 88.4 Å². The molecule has 2 aromatic heterocycles. The maximum absolute atomic E-state index is 13.5. The molecule has 4 aromatic rings. The second-order valence-corrected chi connectivity index (χ2v) is 16.7. The van der Waals surface area contributed by atoms with E-state index in [1.54, 1.807) is 35.6 Å². The summed E-state index contributed by atoms with van der Waals surface area (Å²) >= 11 is 7.89. The van der Waals surface area contributed by atoms with Gasteiger partial charge in [-0.2, -0.15) is 0 Å². The molecule has 5 rings (SSSR count). The molecule has 3 atom stereocenters. The predicted octanol–water partition coefficient (Wildman–Crippen LogP) is 3.18.